The van der Waals surface area contributed by atoms with E-state index in [1.165, 1.54) is 32.1 Å². The third-order valence-corrected chi connectivity index (χ3v) is 6.41. The Hall–Kier alpha value is -2.32. The summed E-state index contributed by atoms with van der Waals surface area (Å²) in [6.07, 6.45) is 12.6. The number of carbonyl (C=O) groups excluding carboxylic acids is 1. The van der Waals surface area contributed by atoms with Crippen LogP contribution in [0.3, 0.4) is 0 Å². The molecular weight excluding hydrogens is 394 g/mol. The quantitative estimate of drug-likeness (QED) is 0.789. The largest absolute Gasteiger partial charge is 0.371 e. The highest BCUT2D eigenvalue weighted by Crippen LogP contribution is 2.34. The Labute approximate surface area is 183 Å². The van der Waals surface area contributed by atoms with E-state index >= 15 is 0 Å². The van der Waals surface area contributed by atoms with Crippen LogP contribution in [0, 0.1) is 5.92 Å². The van der Waals surface area contributed by atoms with E-state index < -0.39 is 0 Å². The number of nitrogens with one attached hydrogen (secondary N) is 1. The van der Waals surface area contributed by atoms with Crippen molar-refractivity contribution >= 4 is 5.91 Å². The van der Waals surface area contributed by atoms with Gasteiger partial charge in [0.2, 0.25) is 0 Å². The molecule has 0 spiro atoms. The molecule has 0 bridgehead atoms. The van der Waals surface area contributed by atoms with E-state index in [2.05, 4.69) is 26.8 Å². The lowest BCUT2D eigenvalue weighted by Crippen LogP contribution is -2.44. The smallest absolute Gasteiger partial charge is 0.251 e. The molecule has 1 aliphatic carbocycles. The van der Waals surface area contributed by atoms with Gasteiger partial charge in [-0.3, -0.25) is 9.78 Å². The molecule has 8 nitrogen and oxygen atoms in total. The Morgan fingerprint density at radius 3 is 2.61 bits per heavy atom. The minimum Gasteiger partial charge on any atom is -0.371 e. The Morgan fingerprint density at radius 2 is 1.84 bits per heavy atom. The summed E-state index contributed by atoms with van der Waals surface area (Å²) in [7, 11) is 0. The van der Waals surface area contributed by atoms with Crippen LogP contribution in [-0.2, 0) is 15.9 Å². The van der Waals surface area contributed by atoms with E-state index in [9.17, 15) is 4.79 Å². The van der Waals surface area contributed by atoms with Gasteiger partial charge in [0.25, 0.3) is 5.91 Å². The van der Waals surface area contributed by atoms with Crippen LogP contribution in [0.5, 0.6) is 0 Å². The third kappa shape index (κ3) is 4.96. The first-order chi connectivity index (χ1) is 15.3. The Bertz CT molecular complexity index is 837. The van der Waals surface area contributed by atoms with Crippen LogP contribution in [0.25, 0.3) is 0 Å². The molecule has 1 amide bonds. The van der Waals surface area contributed by atoms with Gasteiger partial charge in [-0.05, 0) is 24.5 Å². The molecule has 2 aromatic rings. The Morgan fingerprint density at radius 1 is 1.10 bits per heavy atom. The SMILES string of the molecule is CC.O=C(NC1COC2C1OCC2n1cc(CC2CCCCC2)nn1)c1ccncc1. The molecule has 5 rings (SSSR count). The number of nitrogens with zero attached hydrogens (tertiary/aromatic N) is 4. The molecule has 0 aromatic carbocycles. The molecule has 2 saturated heterocycles. The van der Waals surface area contributed by atoms with Crippen molar-refractivity contribution in [1.82, 2.24) is 25.3 Å². The van der Waals surface area contributed by atoms with Crippen molar-refractivity contribution in [1.29, 1.82) is 0 Å². The summed E-state index contributed by atoms with van der Waals surface area (Å²) < 4.78 is 13.9. The number of carbonyl (C=O) groups is 1. The number of rotatable bonds is 5. The molecule has 0 radical (unpaired) electrons. The summed E-state index contributed by atoms with van der Waals surface area (Å²) >= 11 is 0. The van der Waals surface area contributed by atoms with Crippen LogP contribution in [-0.4, -0.2) is 57.3 Å². The fraction of sp³-hybridized carbons (Fsp3) is 0.652. The molecule has 1 saturated carbocycles. The molecule has 4 atom stereocenters. The van der Waals surface area contributed by atoms with Gasteiger partial charge in [0.05, 0.1) is 24.9 Å². The molecule has 2 aromatic heterocycles. The average molecular weight is 428 g/mol. The Balaban J connectivity index is 0.00000112. The summed E-state index contributed by atoms with van der Waals surface area (Å²) in [5, 5.41) is 11.8. The predicted molar refractivity (Wildman–Crippen MR) is 116 cm³/mol. The van der Waals surface area contributed by atoms with Crippen LogP contribution in [0.1, 0.15) is 68.0 Å². The maximum atomic E-state index is 12.5. The molecule has 4 heterocycles. The van der Waals surface area contributed by atoms with Crippen LogP contribution in [0.2, 0.25) is 0 Å². The highest BCUT2D eigenvalue weighted by Gasteiger charge is 2.49. The zero-order valence-electron chi connectivity index (χ0n) is 18.4. The van der Waals surface area contributed by atoms with Gasteiger partial charge in [-0.2, -0.15) is 0 Å². The number of amides is 1. The number of hydrogen-bond donors (Lipinski definition) is 1. The topological polar surface area (TPSA) is 91.2 Å². The Kier molecular flexibility index (Phi) is 7.29. The molecule has 8 heteroatoms. The van der Waals surface area contributed by atoms with Gasteiger partial charge in [0.1, 0.15) is 18.2 Å². The summed E-state index contributed by atoms with van der Waals surface area (Å²) in [4.78, 5) is 16.4. The lowest BCUT2D eigenvalue weighted by molar-refractivity contribution is 0.0613. The van der Waals surface area contributed by atoms with Gasteiger partial charge in [0, 0.05) is 24.2 Å². The molecule has 168 valence electrons. The van der Waals surface area contributed by atoms with Gasteiger partial charge in [-0.15, -0.1) is 5.10 Å². The van der Waals surface area contributed by atoms with Crippen LogP contribution in [0.15, 0.2) is 30.7 Å². The van der Waals surface area contributed by atoms with Crippen LogP contribution >= 0.6 is 0 Å². The first-order valence-electron chi connectivity index (χ1n) is 11.6. The van der Waals surface area contributed by atoms with Crippen molar-refractivity contribution in [2.75, 3.05) is 13.2 Å². The molecule has 3 aliphatic rings. The monoisotopic (exact) mass is 427 g/mol. The zero-order chi connectivity index (χ0) is 21.6. The fourth-order valence-corrected chi connectivity index (χ4v) is 4.84. The van der Waals surface area contributed by atoms with Crippen molar-refractivity contribution < 1.29 is 14.3 Å². The number of hydrogen-bond acceptors (Lipinski definition) is 6. The highest BCUT2D eigenvalue weighted by atomic mass is 16.6. The molecular formula is C23H33N5O3. The van der Waals surface area contributed by atoms with Crippen molar-refractivity contribution in [3.63, 3.8) is 0 Å². The number of fused-ring (bicyclic) bond motifs is 1. The molecule has 31 heavy (non-hydrogen) atoms. The van der Waals surface area contributed by atoms with Gasteiger partial charge in [0.15, 0.2) is 0 Å². The minimum atomic E-state index is -0.170. The fourth-order valence-electron chi connectivity index (χ4n) is 4.84. The summed E-state index contributed by atoms with van der Waals surface area (Å²) in [6, 6.07) is 3.22. The number of ether oxygens (including phenoxy) is 2. The lowest BCUT2D eigenvalue weighted by atomic mass is 9.86. The van der Waals surface area contributed by atoms with E-state index in [1.54, 1.807) is 24.5 Å². The average Bonchev–Trinajstić information content (AvgIpc) is 3.54. The second-order valence-electron chi connectivity index (χ2n) is 8.38. The summed E-state index contributed by atoms with van der Waals surface area (Å²) in [5.41, 5.74) is 1.64. The van der Waals surface area contributed by atoms with E-state index in [1.807, 2.05) is 18.5 Å². The second kappa shape index (κ2) is 10.3. The van der Waals surface area contributed by atoms with Crippen molar-refractivity contribution in [2.24, 2.45) is 5.92 Å². The maximum absolute atomic E-state index is 12.5. The van der Waals surface area contributed by atoms with Crippen LogP contribution in [0.4, 0.5) is 0 Å². The van der Waals surface area contributed by atoms with E-state index in [-0.39, 0.29) is 30.2 Å². The number of pyridine rings is 1. The molecule has 1 N–H and O–H groups in total. The lowest BCUT2D eigenvalue weighted by Gasteiger charge is -2.20. The molecule has 2 aliphatic heterocycles. The third-order valence-electron chi connectivity index (χ3n) is 6.41. The van der Waals surface area contributed by atoms with Gasteiger partial charge >= 0.3 is 0 Å². The van der Waals surface area contributed by atoms with E-state index in [4.69, 9.17) is 9.47 Å². The maximum Gasteiger partial charge on any atom is 0.251 e. The second-order valence-corrected chi connectivity index (χ2v) is 8.38. The van der Waals surface area contributed by atoms with Crippen molar-refractivity contribution in [3.05, 3.63) is 42.0 Å². The van der Waals surface area contributed by atoms with E-state index in [0.717, 1.165) is 18.0 Å². The first-order valence-corrected chi connectivity index (χ1v) is 11.6. The van der Waals surface area contributed by atoms with E-state index in [0.29, 0.717) is 18.8 Å². The van der Waals surface area contributed by atoms with Gasteiger partial charge < -0.3 is 14.8 Å². The first kappa shape index (κ1) is 21.9. The van der Waals surface area contributed by atoms with Crippen molar-refractivity contribution in [3.8, 4) is 0 Å². The highest BCUT2D eigenvalue weighted by molar-refractivity contribution is 5.94. The van der Waals surface area contributed by atoms with Gasteiger partial charge in [-0.1, -0.05) is 51.2 Å². The van der Waals surface area contributed by atoms with Crippen molar-refractivity contribution in [2.45, 2.75) is 76.7 Å². The summed E-state index contributed by atoms with van der Waals surface area (Å²) in [6.45, 7) is 4.95. The molecule has 4 unspecified atom stereocenters. The molecule has 3 fully saturated rings. The zero-order valence-corrected chi connectivity index (χ0v) is 18.4. The standard InChI is InChI=1S/C21H27N5O3.C2H6/c27-21(15-6-8-22-9-7-15)23-17-12-28-20-18(13-29-19(17)20)26-11-16(24-25-26)10-14-4-2-1-3-5-14;1-2/h6-9,11,14,17-20H,1-5,10,12-13H2,(H,23,27);1-2H3. The predicted octanol–water partition coefficient (Wildman–Crippen LogP) is 2.96. The summed E-state index contributed by atoms with van der Waals surface area (Å²) in [5.74, 6) is 0.598. The van der Waals surface area contributed by atoms with Crippen LogP contribution < -0.4 is 5.32 Å². The minimum absolute atomic E-state index is 0.00423. The van der Waals surface area contributed by atoms with Gasteiger partial charge in [-0.25, -0.2) is 4.68 Å². The normalized spacial score (nSPS) is 27.9. The number of aromatic nitrogens is 4.